The van der Waals surface area contributed by atoms with Crippen molar-refractivity contribution in [1.29, 1.82) is 0 Å². The van der Waals surface area contributed by atoms with Crippen molar-refractivity contribution < 1.29 is 9.53 Å². The third-order valence-corrected chi connectivity index (χ3v) is 4.44. The molecule has 2 rings (SSSR count). The summed E-state index contributed by atoms with van der Waals surface area (Å²) in [6.07, 6.45) is 0.885. The number of rotatable bonds is 6. The lowest BCUT2D eigenvalue weighted by Crippen LogP contribution is -2.51. The smallest absolute Gasteiger partial charge is 0.241 e. The molecule has 0 saturated carbocycles. The molecule has 1 aromatic carbocycles. The molecule has 1 fully saturated rings. The summed E-state index contributed by atoms with van der Waals surface area (Å²) < 4.78 is 5.69. The number of likely N-dealkylation sites (N-methyl/N-ethyl adjacent to an activating group) is 1. The third kappa shape index (κ3) is 4.83. The van der Waals surface area contributed by atoms with Crippen LogP contribution in [0, 0.1) is 0 Å². The number of amides is 1. The highest BCUT2D eigenvalue weighted by Gasteiger charge is 2.25. The Morgan fingerprint density at radius 3 is 2.70 bits per heavy atom. The number of carbonyl (C=O) groups is 1. The van der Waals surface area contributed by atoms with Gasteiger partial charge in [0.25, 0.3) is 0 Å². The van der Waals surface area contributed by atoms with Crippen molar-refractivity contribution in [1.82, 2.24) is 9.80 Å². The topological polar surface area (TPSA) is 44.8 Å². The number of ether oxygens (including phenoxy) is 1. The van der Waals surface area contributed by atoms with Crippen LogP contribution in [-0.4, -0.2) is 61.6 Å². The van der Waals surface area contributed by atoms with E-state index in [1.165, 1.54) is 0 Å². The molecular weight excluding hydrogens is 314 g/mol. The van der Waals surface area contributed by atoms with E-state index in [-0.39, 0.29) is 11.9 Å². The van der Waals surface area contributed by atoms with E-state index in [1.54, 1.807) is 6.07 Å². The molecule has 1 atom stereocenters. The van der Waals surface area contributed by atoms with Gasteiger partial charge in [-0.3, -0.25) is 9.69 Å². The minimum atomic E-state index is -0.179. The largest absolute Gasteiger partial charge is 0.490 e. The molecule has 0 spiro atoms. The molecule has 1 aliphatic heterocycles. The van der Waals surface area contributed by atoms with Gasteiger partial charge < -0.3 is 15.0 Å². The van der Waals surface area contributed by atoms with Gasteiger partial charge in [-0.2, -0.15) is 0 Å². The Morgan fingerprint density at radius 2 is 2.04 bits per heavy atom. The van der Waals surface area contributed by atoms with E-state index in [2.05, 4.69) is 22.2 Å². The zero-order valence-corrected chi connectivity index (χ0v) is 14.9. The molecule has 1 aliphatic rings. The Hall–Kier alpha value is -1.30. The number of piperazine rings is 1. The van der Waals surface area contributed by atoms with E-state index in [9.17, 15) is 4.79 Å². The van der Waals surface area contributed by atoms with Crippen LogP contribution in [0.5, 0.6) is 5.75 Å². The molecule has 0 bridgehead atoms. The molecule has 6 heteroatoms. The van der Waals surface area contributed by atoms with E-state index in [0.717, 1.165) is 32.6 Å². The predicted molar refractivity (Wildman–Crippen MR) is 94.4 cm³/mol. The standard InChI is InChI=1S/C17H26ClN3O2/c1-4-12-23-16-14(18)6-5-7-15(16)19-17(22)13(2)21-10-8-20(3)9-11-21/h5-7,13H,4,8-12H2,1-3H3,(H,19,22). The molecule has 1 heterocycles. The molecule has 0 aromatic heterocycles. The molecule has 1 N–H and O–H groups in total. The fraction of sp³-hybridized carbons (Fsp3) is 0.588. The van der Waals surface area contributed by atoms with E-state index in [4.69, 9.17) is 16.3 Å². The molecule has 1 amide bonds. The van der Waals surface area contributed by atoms with Crippen LogP contribution in [-0.2, 0) is 4.79 Å². The minimum Gasteiger partial charge on any atom is -0.490 e. The van der Waals surface area contributed by atoms with Crippen molar-refractivity contribution in [3.63, 3.8) is 0 Å². The highest BCUT2D eigenvalue weighted by molar-refractivity contribution is 6.32. The molecule has 0 radical (unpaired) electrons. The molecule has 0 aliphatic carbocycles. The van der Waals surface area contributed by atoms with Gasteiger partial charge in [-0.25, -0.2) is 0 Å². The average molecular weight is 340 g/mol. The van der Waals surface area contributed by atoms with Crippen LogP contribution < -0.4 is 10.1 Å². The monoisotopic (exact) mass is 339 g/mol. The van der Waals surface area contributed by atoms with E-state index in [1.807, 2.05) is 26.0 Å². The molecule has 23 heavy (non-hydrogen) atoms. The maximum absolute atomic E-state index is 12.6. The molecule has 5 nitrogen and oxygen atoms in total. The van der Waals surface area contributed by atoms with Gasteiger partial charge in [0.1, 0.15) is 0 Å². The second-order valence-electron chi connectivity index (χ2n) is 5.97. The Balaban J connectivity index is 2.03. The van der Waals surface area contributed by atoms with Crippen molar-refractivity contribution >= 4 is 23.2 Å². The first kappa shape index (κ1) is 18.0. The Kier molecular flexibility index (Phi) is 6.69. The number of benzene rings is 1. The molecular formula is C17H26ClN3O2. The first-order valence-electron chi connectivity index (χ1n) is 8.17. The number of nitrogens with zero attached hydrogens (tertiary/aromatic N) is 2. The van der Waals surface area contributed by atoms with Gasteiger partial charge in [0, 0.05) is 26.2 Å². The lowest BCUT2D eigenvalue weighted by atomic mass is 10.2. The predicted octanol–water partition coefficient (Wildman–Crippen LogP) is 2.70. The van der Waals surface area contributed by atoms with Crippen molar-refractivity contribution in [2.24, 2.45) is 0 Å². The highest BCUT2D eigenvalue weighted by atomic mass is 35.5. The molecule has 1 unspecified atom stereocenters. The summed E-state index contributed by atoms with van der Waals surface area (Å²) >= 11 is 6.20. The van der Waals surface area contributed by atoms with Crippen LogP contribution >= 0.6 is 11.6 Å². The fourth-order valence-electron chi connectivity index (χ4n) is 2.57. The molecule has 1 aromatic rings. The second-order valence-corrected chi connectivity index (χ2v) is 6.38. The van der Waals surface area contributed by atoms with Gasteiger partial charge in [0.05, 0.1) is 23.4 Å². The number of halogens is 1. The van der Waals surface area contributed by atoms with Crippen LogP contribution in [0.3, 0.4) is 0 Å². The van der Waals surface area contributed by atoms with Crippen molar-refractivity contribution in [2.75, 3.05) is 45.2 Å². The normalized spacial score (nSPS) is 17.7. The number of para-hydroxylation sites is 1. The van der Waals surface area contributed by atoms with Gasteiger partial charge in [0.2, 0.25) is 5.91 Å². The number of hydrogen-bond acceptors (Lipinski definition) is 4. The summed E-state index contributed by atoms with van der Waals surface area (Å²) in [5.41, 5.74) is 0.636. The second kappa shape index (κ2) is 8.52. The zero-order valence-electron chi connectivity index (χ0n) is 14.1. The maximum Gasteiger partial charge on any atom is 0.241 e. The Morgan fingerprint density at radius 1 is 1.35 bits per heavy atom. The summed E-state index contributed by atoms with van der Waals surface area (Å²) in [6.45, 7) is 8.32. The van der Waals surface area contributed by atoms with Crippen LogP contribution in [0.1, 0.15) is 20.3 Å². The Labute approximate surface area is 143 Å². The third-order valence-electron chi connectivity index (χ3n) is 4.14. The zero-order chi connectivity index (χ0) is 16.8. The minimum absolute atomic E-state index is 0.0295. The van der Waals surface area contributed by atoms with Crippen LogP contribution in [0.25, 0.3) is 0 Å². The average Bonchev–Trinajstić information content (AvgIpc) is 2.54. The van der Waals surface area contributed by atoms with E-state index >= 15 is 0 Å². The van der Waals surface area contributed by atoms with Crippen molar-refractivity contribution in [3.8, 4) is 5.75 Å². The molecule has 128 valence electrons. The van der Waals surface area contributed by atoms with Gasteiger partial charge in [-0.1, -0.05) is 24.6 Å². The summed E-state index contributed by atoms with van der Waals surface area (Å²) in [5.74, 6) is 0.521. The fourth-order valence-corrected chi connectivity index (χ4v) is 2.80. The summed E-state index contributed by atoms with van der Waals surface area (Å²) in [6, 6.07) is 5.23. The van der Waals surface area contributed by atoms with Crippen molar-refractivity contribution in [3.05, 3.63) is 23.2 Å². The lowest BCUT2D eigenvalue weighted by Gasteiger charge is -2.35. The quantitative estimate of drug-likeness (QED) is 0.865. The van der Waals surface area contributed by atoms with Crippen LogP contribution in [0.15, 0.2) is 18.2 Å². The first-order chi connectivity index (χ1) is 11.0. The Bertz CT molecular complexity index is 531. The SMILES string of the molecule is CCCOc1c(Cl)cccc1NC(=O)C(C)N1CCN(C)CC1. The summed E-state index contributed by atoms with van der Waals surface area (Å²) in [7, 11) is 2.10. The lowest BCUT2D eigenvalue weighted by molar-refractivity contribution is -0.121. The number of nitrogens with one attached hydrogen (secondary N) is 1. The van der Waals surface area contributed by atoms with Gasteiger partial charge in [0.15, 0.2) is 5.75 Å². The van der Waals surface area contributed by atoms with Crippen molar-refractivity contribution in [2.45, 2.75) is 26.3 Å². The van der Waals surface area contributed by atoms with Gasteiger partial charge in [-0.15, -0.1) is 0 Å². The first-order valence-corrected chi connectivity index (χ1v) is 8.55. The summed E-state index contributed by atoms with van der Waals surface area (Å²) in [4.78, 5) is 17.0. The number of carbonyl (C=O) groups excluding carboxylic acids is 1. The number of hydrogen-bond donors (Lipinski definition) is 1. The maximum atomic E-state index is 12.6. The van der Waals surface area contributed by atoms with Gasteiger partial charge in [-0.05, 0) is 32.5 Å². The number of anilines is 1. The van der Waals surface area contributed by atoms with E-state index in [0.29, 0.717) is 23.1 Å². The summed E-state index contributed by atoms with van der Waals surface area (Å²) in [5, 5.41) is 3.48. The van der Waals surface area contributed by atoms with E-state index < -0.39 is 0 Å². The van der Waals surface area contributed by atoms with Crippen LogP contribution in [0.4, 0.5) is 5.69 Å². The van der Waals surface area contributed by atoms with Gasteiger partial charge >= 0.3 is 0 Å². The van der Waals surface area contributed by atoms with Crippen LogP contribution in [0.2, 0.25) is 5.02 Å². The highest BCUT2D eigenvalue weighted by Crippen LogP contribution is 2.33. The molecule has 1 saturated heterocycles.